The summed E-state index contributed by atoms with van der Waals surface area (Å²) in [6, 6.07) is 15.7. The summed E-state index contributed by atoms with van der Waals surface area (Å²) >= 11 is 0. The van der Waals surface area contributed by atoms with Gasteiger partial charge in [0.25, 0.3) is 0 Å². The molecule has 0 spiro atoms. The number of carbonyl (C=O) groups is 1. The summed E-state index contributed by atoms with van der Waals surface area (Å²) < 4.78 is 1.81. The first-order valence-corrected chi connectivity index (χ1v) is 9.13. The molecule has 0 aliphatic carbocycles. The Hall–Kier alpha value is -3.15. The lowest BCUT2D eigenvalue weighted by Gasteiger charge is -2.37. The van der Waals surface area contributed by atoms with Crippen LogP contribution in [0, 0.1) is 19.8 Å². The molecule has 0 unspecified atom stereocenters. The minimum Gasteiger partial charge on any atom is -0.351 e. The first-order valence-electron chi connectivity index (χ1n) is 9.13. The van der Waals surface area contributed by atoms with Gasteiger partial charge < -0.3 is 10.6 Å². The van der Waals surface area contributed by atoms with E-state index in [1.807, 2.05) is 67.9 Å². The van der Waals surface area contributed by atoms with Crippen LogP contribution in [0.2, 0.25) is 0 Å². The van der Waals surface area contributed by atoms with Crippen LogP contribution in [0.25, 0.3) is 0 Å². The summed E-state index contributed by atoms with van der Waals surface area (Å²) in [7, 11) is 0. The van der Waals surface area contributed by atoms with Crippen molar-refractivity contribution in [3.8, 4) is 0 Å². The zero-order valence-corrected chi connectivity index (χ0v) is 15.7. The SMILES string of the molecule is Cc1ccc(NC(=O)[C@@H]2[C@H](C)Nc3ncnn3[C@H]2c2ccccc2)c(C)c1. The van der Waals surface area contributed by atoms with Gasteiger partial charge in [-0.2, -0.15) is 10.1 Å². The molecule has 138 valence electrons. The molecule has 1 aliphatic heterocycles. The predicted molar refractivity (Wildman–Crippen MR) is 106 cm³/mol. The highest BCUT2D eigenvalue weighted by Crippen LogP contribution is 2.36. The lowest BCUT2D eigenvalue weighted by molar-refractivity contribution is -0.121. The fourth-order valence-corrected chi connectivity index (χ4v) is 3.82. The van der Waals surface area contributed by atoms with Crippen molar-refractivity contribution in [2.75, 3.05) is 10.6 Å². The van der Waals surface area contributed by atoms with E-state index in [0.29, 0.717) is 5.95 Å². The first-order chi connectivity index (χ1) is 13.0. The number of hydrogen-bond acceptors (Lipinski definition) is 4. The minimum atomic E-state index is -0.331. The van der Waals surface area contributed by atoms with Crippen molar-refractivity contribution < 1.29 is 4.79 Å². The van der Waals surface area contributed by atoms with Gasteiger partial charge in [0.2, 0.25) is 11.9 Å². The Bertz CT molecular complexity index is 966. The van der Waals surface area contributed by atoms with Crippen LogP contribution in [-0.2, 0) is 4.79 Å². The van der Waals surface area contributed by atoms with Crippen LogP contribution < -0.4 is 10.6 Å². The van der Waals surface area contributed by atoms with Gasteiger partial charge in [0.1, 0.15) is 6.33 Å². The lowest BCUT2D eigenvalue weighted by Crippen LogP contribution is -2.46. The third-order valence-corrected chi connectivity index (χ3v) is 5.16. The van der Waals surface area contributed by atoms with Crippen molar-refractivity contribution in [2.45, 2.75) is 32.9 Å². The molecule has 1 aromatic heterocycles. The summed E-state index contributed by atoms with van der Waals surface area (Å²) in [5.74, 6) is 0.325. The highest BCUT2D eigenvalue weighted by molar-refractivity contribution is 5.94. The zero-order chi connectivity index (χ0) is 19.0. The van der Waals surface area contributed by atoms with Crippen molar-refractivity contribution in [1.82, 2.24) is 14.8 Å². The average Bonchev–Trinajstić information content (AvgIpc) is 3.11. The Morgan fingerprint density at radius 3 is 2.67 bits per heavy atom. The molecule has 1 aliphatic rings. The van der Waals surface area contributed by atoms with Crippen molar-refractivity contribution in [1.29, 1.82) is 0 Å². The normalized spacial score (nSPS) is 21.2. The number of aryl methyl sites for hydroxylation is 2. The second-order valence-corrected chi connectivity index (χ2v) is 7.15. The molecule has 3 aromatic rings. The van der Waals surface area contributed by atoms with E-state index in [0.717, 1.165) is 16.8 Å². The van der Waals surface area contributed by atoms with Crippen LogP contribution in [0.15, 0.2) is 54.9 Å². The van der Waals surface area contributed by atoms with Gasteiger partial charge >= 0.3 is 0 Å². The van der Waals surface area contributed by atoms with Crippen molar-refractivity contribution >= 4 is 17.5 Å². The number of benzene rings is 2. The number of aromatic nitrogens is 3. The maximum Gasteiger partial charge on any atom is 0.232 e. The molecule has 3 atom stereocenters. The van der Waals surface area contributed by atoms with E-state index in [-0.39, 0.29) is 23.9 Å². The number of fused-ring (bicyclic) bond motifs is 1. The first kappa shape index (κ1) is 17.3. The van der Waals surface area contributed by atoms with E-state index in [1.165, 1.54) is 11.9 Å². The summed E-state index contributed by atoms with van der Waals surface area (Å²) in [6.07, 6.45) is 1.52. The van der Waals surface area contributed by atoms with Crippen LogP contribution >= 0.6 is 0 Å². The van der Waals surface area contributed by atoms with E-state index in [2.05, 4.69) is 26.8 Å². The van der Waals surface area contributed by atoms with Crippen LogP contribution in [0.3, 0.4) is 0 Å². The maximum absolute atomic E-state index is 13.3. The Kier molecular flexibility index (Phi) is 4.39. The Morgan fingerprint density at radius 1 is 1.15 bits per heavy atom. The summed E-state index contributed by atoms with van der Waals surface area (Å²) in [5, 5.41) is 10.8. The molecule has 1 amide bonds. The van der Waals surface area contributed by atoms with Crippen LogP contribution in [0.5, 0.6) is 0 Å². The van der Waals surface area contributed by atoms with Gasteiger partial charge in [-0.3, -0.25) is 4.79 Å². The van der Waals surface area contributed by atoms with Gasteiger partial charge in [-0.15, -0.1) is 0 Å². The molecular weight excluding hydrogens is 338 g/mol. The summed E-state index contributed by atoms with van der Waals surface area (Å²) in [5.41, 5.74) is 4.11. The van der Waals surface area contributed by atoms with E-state index in [9.17, 15) is 4.79 Å². The minimum absolute atomic E-state index is 0.0306. The van der Waals surface area contributed by atoms with E-state index >= 15 is 0 Å². The van der Waals surface area contributed by atoms with Gasteiger partial charge in [0.15, 0.2) is 0 Å². The molecule has 0 radical (unpaired) electrons. The monoisotopic (exact) mass is 361 g/mol. The summed E-state index contributed by atoms with van der Waals surface area (Å²) in [4.78, 5) is 17.6. The van der Waals surface area contributed by atoms with Crippen molar-refractivity contribution in [3.05, 3.63) is 71.5 Å². The molecule has 2 N–H and O–H groups in total. The topological polar surface area (TPSA) is 71.8 Å². The van der Waals surface area contributed by atoms with E-state index in [4.69, 9.17) is 0 Å². The zero-order valence-electron chi connectivity index (χ0n) is 15.7. The molecule has 27 heavy (non-hydrogen) atoms. The highest BCUT2D eigenvalue weighted by atomic mass is 16.2. The van der Waals surface area contributed by atoms with Crippen LogP contribution in [0.1, 0.15) is 29.7 Å². The molecule has 2 aromatic carbocycles. The number of amides is 1. The van der Waals surface area contributed by atoms with Gasteiger partial charge in [-0.1, -0.05) is 48.0 Å². The predicted octanol–water partition coefficient (Wildman–Crippen LogP) is 3.55. The van der Waals surface area contributed by atoms with Crippen molar-refractivity contribution in [2.24, 2.45) is 5.92 Å². The van der Waals surface area contributed by atoms with Crippen LogP contribution in [-0.4, -0.2) is 26.7 Å². The Morgan fingerprint density at radius 2 is 1.93 bits per heavy atom. The molecule has 6 heteroatoms. The van der Waals surface area contributed by atoms with Gasteiger partial charge in [0, 0.05) is 11.7 Å². The quantitative estimate of drug-likeness (QED) is 0.748. The smallest absolute Gasteiger partial charge is 0.232 e. The molecule has 0 fully saturated rings. The van der Waals surface area contributed by atoms with Gasteiger partial charge in [-0.25, -0.2) is 4.68 Å². The molecule has 2 heterocycles. The number of nitrogens with zero attached hydrogens (tertiary/aromatic N) is 3. The lowest BCUT2D eigenvalue weighted by atomic mass is 9.85. The highest BCUT2D eigenvalue weighted by Gasteiger charge is 2.41. The Balaban J connectivity index is 1.71. The molecule has 0 saturated heterocycles. The van der Waals surface area contributed by atoms with Gasteiger partial charge in [-0.05, 0) is 38.0 Å². The number of hydrogen-bond donors (Lipinski definition) is 2. The van der Waals surface area contributed by atoms with E-state index < -0.39 is 0 Å². The number of anilines is 2. The average molecular weight is 361 g/mol. The van der Waals surface area contributed by atoms with Crippen LogP contribution in [0.4, 0.5) is 11.6 Å². The molecule has 0 bridgehead atoms. The molecule has 4 rings (SSSR count). The van der Waals surface area contributed by atoms with Gasteiger partial charge in [0.05, 0.1) is 12.0 Å². The third kappa shape index (κ3) is 3.18. The fraction of sp³-hybridized carbons (Fsp3) is 0.286. The molecular formula is C21H23N5O. The largest absolute Gasteiger partial charge is 0.351 e. The second kappa shape index (κ2) is 6.87. The number of nitrogens with one attached hydrogen (secondary N) is 2. The number of carbonyl (C=O) groups excluding carboxylic acids is 1. The fourth-order valence-electron chi connectivity index (χ4n) is 3.82. The second-order valence-electron chi connectivity index (χ2n) is 7.15. The summed E-state index contributed by atoms with van der Waals surface area (Å²) in [6.45, 7) is 6.07. The van der Waals surface area contributed by atoms with E-state index in [1.54, 1.807) is 0 Å². The standard InChI is InChI=1S/C21H23N5O/c1-13-9-10-17(14(2)11-13)25-20(27)18-15(3)24-21-22-12-23-26(21)19(18)16-7-5-4-6-8-16/h4-12,15,18-19H,1-3H3,(H,25,27)(H,22,23,24)/t15-,18+,19-/m0/s1. The third-order valence-electron chi connectivity index (χ3n) is 5.16. The number of rotatable bonds is 3. The molecule has 6 nitrogen and oxygen atoms in total. The Labute approximate surface area is 158 Å². The molecule has 0 saturated carbocycles. The van der Waals surface area contributed by atoms with Crippen molar-refractivity contribution in [3.63, 3.8) is 0 Å². The maximum atomic E-state index is 13.3.